The van der Waals surface area contributed by atoms with Crippen LogP contribution in [0.2, 0.25) is 0 Å². The summed E-state index contributed by atoms with van der Waals surface area (Å²) in [6.07, 6.45) is 2.10. The molecule has 0 aromatic carbocycles. The Hall–Kier alpha value is -1.62. The zero-order chi connectivity index (χ0) is 10.4. The minimum atomic E-state index is -1.09. The van der Waals surface area contributed by atoms with Crippen molar-refractivity contribution >= 4 is 5.97 Å². The summed E-state index contributed by atoms with van der Waals surface area (Å²) in [5.74, 6) is -0.804. The van der Waals surface area contributed by atoms with Gasteiger partial charge in [0.05, 0.1) is 6.61 Å². The van der Waals surface area contributed by atoms with Crippen LogP contribution in [-0.4, -0.2) is 29.2 Å². The number of carbonyl (C=O) groups is 1. The van der Waals surface area contributed by atoms with Crippen LogP contribution in [0, 0.1) is 0 Å². The largest absolute Gasteiger partial charge is 0.491 e. The first-order chi connectivity index (χ1) is 6.75. The van der Waals surface area contributed by atoms with Gasteiger partial charge in [0.25, 0.3) is 0 Å². The molecule has 1 aromatic heterocycles. The number of carboxylic acid groups (broad SMARTS) is 1. The molecule has 1 aromatic rings. The maximum Gasteiger partial charge on any atom is 0.358 e. The van der Waals surface area contributed by atoms with Crippen molar-refractivity contribution in [2.24, 2.45) is 5.73 Å². The van der Waals surface area contributed by atoms with E-state index >= 15 is 0 Å². The number of carboxylic acids is 1. The van der Waals surface area contributed by atoms with Gasteiger partial charge in [-0.1, -0.05) is 0 Å². The lowest BCUT2D eigenvalue weighted by molar-refractivity contribution is 0.0685. The fourth-order valence-corrected chi connectivity index (χ4v) is 0.933. The summed E-state index contributed by atoms with van der Waals surface area (Å²) in [5, 5.41) is 8.75. The minimum Gasteiger partial charge on any atom is -0.491 e. The van der Waals surface area contributed by atoms with Gasteiger partial charge in [-0.05, 0) is 25.1 Å². The Morgan fingerprint density at radius 3 is 3.07 bits per heavy atom. The van der Waals surface area contributed by atoms with Crippen LogP contribution in [0.5, 0.6) is 5.75 Å². The summed E-state index contributed by atoms with van der Waals surface area (Å²) in [5.41, 5.74) is 5.21. The van der Waals surface area contributed by atoms with Crippen LogP contribution in [-0.2, 0) is 0 Å². The Morgan fingerprint density at radius 2 is 2.43 bits per heavy atom. The second kappa shape index (κ2) is 5.18. The molecule has 0 unspecified atom stereocenters. The zero-order valence-electron chi connectivity index (χ0n) is 7.64. The molecule has 0 spiro atoms. The van der Waals surface area contributed by atoms with Crippen molar-refractivity contribution in [3.63, 3.8) is 0 Å². The van der Waals surface area contributed by atoms with E-state index in [2.05, 4.69) is 4.98 Å². The average molecular weight is 196 g/mol. The van der Waals surface area contributed by atoms with Crippen LogP contribution < -0.4 is 10.5 Å². The third kappa shape index (κ3) is 2.70. The molecule has 3 N–H and O–H groups in total. The topological polar surface area (TPSA) is 85.4 Å². The van der Waals surface area contributed by atoms with Crippen LogP contribution in [0.25, 0.3) is 0 Å². The number of aromatic carboxylic acids is 1. The fourth-order valence-electron chi connectivity index (χ4n) is 0.933. The molecule has 0 radical (unpaired) electrons. The Kier molecular flexibility index (Phi) is 3.87. The third-order valence-corrected chi connectivity index (χ3v) is 1.58. The Labute approximate surface area is 81.5 Å². The van der Waals surface area contributed by atoms with E-state index in [-0.39, 0.29) is 11.4 Å². The minimum absolute atomic E-state index is 0.0653. The molecule has 5 heteroatoms. The van der Waals surface area contributed by atoms with E-state index in [1.54, 1.807) is 12.1 Å². The van der Waals surface area contributed by atoms with Gasteiger partial charge in [-0.2, -0.15) is 0 Å². The maximum atomic E-state index is 10.7. The van der Waals surface area contributed by atoms with Crippen LogP contribution in [0.3, 0.4) is 0 Å². The summed E-state index contributed by atoms with van der Waals surface area (Å²) < 4.78 is 5.22. The molecule has 1 rings (SSSR count). The first-order valence-electron chi connectivity index (χ1n) is 4.27. The predicted octanol–water partition coefficient (Wildman–Crippen LogP) is 0.507. The van der Waals surface area contributed by atoms with Crippen molar-refractivity contribution in [3.8, 4) is 5.75 Å². The summed E-state index contributed by atoms with van der Waals surface area (Å²) in [7, 11) is 0. The molecule has 0 fully saturated rings. The highest BCUT2D eigenvalue weighted by Gasteiger charge is 2.11. The summed E-state index contributed by atoms with van der Waals surface area (Å²) in [6.45, 7) is 0.922. The van der Waals surface area contributed by atoms with E-state index in [4.69, 9.17) is 15.6 Å². The van der Waals surface area contributed by atoms with Crippen molar-refractivity contribution in [1.82, 2.24) is 4.98 Å². The molecule has 0 atom stereocenters. The number of nitrogens with two attached hydrogens (primary N) is 1. The van der Waals surface area contributed by atoms with E-state index in [0.717, 1.165) is 0 Å². The molecular formula is C9H12N2O3. The number of pyridine rings is 1. The van der Waals surface area contributed by atoms with E-state index in [1.165, 1.54) is 6.20 Å². The molecule has 5 nitrogen and oxygen atoms in total. The summed E-state index contributed by atoms with van der Waals surface area (Å²) >= 11 is 0. The molecule has 76 valence electrons. The highest BCUT2D eigenvalue weighted by atomic mass is 16.5. The van der Waals surface area contributed by atoms with Gasteiger partial charge in [0, 0.05) is 6.20 Å². The van der Waals surface area contributed by atoms with Gasteiger partial charge in [-0.3, -0.25) is 0 Å². The first-order valence-corrected chi connectivity index (χ1v) is 4.27. The van der Waals surface area contributed by atoms with Gasteiger partial charge in [-0.15, -0.1) is 0 Å². The van der Waals surface area contributed by atoms with Crippen molar-refractivity contribution < 1.29 is 14.6 Å². The Bertz CT molecular complexity index is 315. The third-order valence-electron chi connectivity index (χ3n) is 1.58. The molecule has 0 aliphatic rings. The van der Waals surface area contributed by atoms with Crippen molar-refractivity contribution in [2.45, 2.75) is 6.42 Å². The van der Waals surface area contributed by atoms with Gasteiger partial charge in [0.1, 0.15) is 0 Å². The van der Waals surface area contributed by atoms with Gasteiger partial charge < -0.3 is 15.6 Å². The average Bonchev–Trinajstić information content (AvgIpc) is 2.19. The second-order valence-corrected chi connectivity index (χ2v) is 2.65. The number of rotatable bonds is 5. The van der Waals surface area contributed by atoms with Gasteiger partial charge in [0.2, 0.25) is 0 Å². The number of ether oxygens (including phenoxy) is 1. The predicted molar refractivity (Wildman–Crippen MR) is 50.4 cm³/mol. The second-order valence-electron chi connectivity index (χ2n) is 2.65. The highest BCUT2D eigenvalue weighted by Crippen LogP contribution is 2.14. The van der Waals surface area contributed by atoms with E-state index in [1.807, 2.05) is 0 Å². The molecule has 0 aliphatic heterocycles. The number of hydrogen-bond acceptors (Lipinski definition) is 4. The van der Waals surface area contributed by atoms with Crippen LogP contribution >= 0.6 is 0 Å². The quantitative estimate of drug-likeness (QED) is 0.670. The Morgan fingerprint density at radius 1 is 1.64 bits per heavy atom. The van der Waals surface area contributed by atoms with Crippen molar-refractivity contribution in [1.29, 1.82) is 0 Å². The van der Waals surface area contributed by atoms with E-state index in [0.29, 0.717) is 19.6 Å². The molecule has 1 heterocycles. The standard InChI is InChI=1S/C9H12N2O3/c10-4-2-6-14-7-3-1-5-11-8(7)9(12)13/h1,3,5H,2,4,6,10H2,(H,12,13). The molecule has 0 saturated carbocycles. The van der Waals surface area contributed by atoms with Crippen molar-refractivity contribution in [2.75, 3.05) is 13.2 Å². The highest BCUT2D eigenvalue weighted by molar-refractivity contribution is 5.88. The monoisotopic (exact) mass is 196 g/mol. The lowest BCUT2D eigenvalue weighted by Crippen LogP contribution is -2.09. The normalized spacial score (nSPS) is 9.79. The van der Waals surface area contributed by atoms with Crippen LogP contribution in [0.4, 0.5) is 0 Å². The SMILES string of the molecule is NCCCOc1cccnc1C(=O)O. The smallest absolute Gasteiger partial charge is 0.358 e. The van der Waals surface area contributed by atoms with Crippen LogP contribution in [0.15, 0.2) is 18.3 Å². The van der Waals surface area contributed by atoms with Crippen LogP contribution in [0.1, 0.15) is 16.9 Å². The van der Waals surface area contributed by atoms with Crippen molar-refractivity contribution in [3.05, 3.63) is 24.0 Å². The fraction of sp³-hybridized carbons (Fsp3) is 0.333. The molecular weight excluding hydrogens is 184 g/mol. The number of aromatic nitrogens is 1. The molecule has 0 amide bonds. The number of hydrogen-bond donors (Lipinski definition) is 2. The van der Waals surface area contributed by atoms with Gasteiger partial charge in [-0.25, -0.2) is 9.78 Å². The lowest BCUT2D eigenvalue weighted by atomic mass is 10.3. The Balaban J connectivity index is 2.69. The first kappa shape index (κ1) is 10.5. The van der Waals surface area contributed by atoms with Gasteiger partial charge >= 0.3 is 5.97 Å². The van der Waals surface area contributed by atoms with E-state index in [9.17, 15) is 4.79 Å². The molecule has 0 aliphatic carbocycles. The maximum absolute atomic E-state index is 10.7. The zero-order valence-corrected chi connectivity index (χ0v) is 7.64. The summed E-state index contributed by atoms with van der Waals surface area (Å²) in [6, 6.07) is 3.21. The molecule has 0 bridgehead atoms. The van der Waals surface area contributed by atoms with E-state index < -0.39 is 5.97 Å². The molecule has 0 saturated heterocycles. The lowest BCUT2D eigenvalue weighted by Gasteiger charge is -2.06. The summed E-state index contributed by atoms with van der Waals surface area (Å²) in [4.78, 5) is 14.4. The number of nitrogens with zero attached hydrogens (tertiary/aromatic N) is 1. The van der Waals surface area contributed by atoms with Gasteiger partial charge in [0.15, 0.2) is 11.4 Å². The molecule has 14 heavy (non-hydrogen) atoms.